The Morgan fingerprint density at radius 2 is 2.11 bits per heavy atom. The number of sulfone groups is 1. The van der Waals surface area contributed by atoms with E-state index in [4.69, 9.17) is 0 Å². The molecule has 0 saturated carbocycles. The second-order valence-corrected chi connectivity index (χ2v) is 7.45. The number of aliphatic hydroxyl groups is 1. The molecule has 1 aromatic rings. The molecule has 1 atom stereocenters. The van der Waals surface area contributed by atoms with Gasteiger partial charge in [-0.15, -0.1) is 0 Å². The molecule has 1 unspecified atom stereocenters. The van der Waals surface area contributed by atoms with E-state index < -0.39 is 15.9 Å². The third-order valence-electron chi connectivity index (χ3n) is 3.49. The van der Waals surface area contributed by atoms with Gasteiger partial charge in [0, 0.05) is 30.6 Å². The summed E-state index contributed by atoms with van der Waals surface area (Å²) in [4.78, 5) is 2.19. The lowest BCUT2D eigenvalue weighted by atomic mass is 10.0. The lowest BCUT2D eigenvalue weighted by Crippen LogP contribution is -2.26. The molecule has 0 fully saturated rings. The number of rotatable bonds is 4. The summed E-state index contributed by atoms with van der Waals surface area (Å²) < 4.78 is 22.4. The van der Waals surface area contributed by atoms with Crippen molar-refractivity contribution in [1.29, 1.82) is 0 Å². The molecular weight excluding hydrogens is 262 g/mol. The minimum Gasteiger partial charge on any atom is -0.388 e. The van der Waals surface area contributed by atoms with E-state index in [0.29, 0.717) is 6.42 Å². The molecule has 1 aliphatic heterocycles. The molecule has 0 aromatic heterocycles. The van der Waals surface area contributed by atoms with Gasteiger partial charge in [-0.25, -0.2) is 8.42 Å². The van der Waals surface area contributed by atoms with Crippen LogP contribution in [0.2, 0.25) is 0 Å². The lowest BCUT2D eigenvalue weighted by Gasteiger charge is -2.25. The number of aliphatic hydroxyl groups excluding tert-OH is 1. The number of anilines is 1. The molecule has 0 bridgehead atoms. The maximum atomic E-state index is 11.2. The Balaban J connectivity index is 2.10. The Labute approximate surface area is 115 Å². The number of benzene rings is 1. The van der Waals surface area contributed by atoms with Gasteiger partial charge in [0.05, 0.1) is 11.9 Å². The van der Waals surface area contributed by atoms with Crippen molar-refractivity contribution in [2.75, 3.05) is 30.0 Å². The van der Waals surface area contributed by atoms with Crippen molar-refractivity contribution in [3.63, 3.8) is 0 Å². The highest BCUT2D eigenvalue weighted by Crippen LogP contribution is 2.32. The van der Waals surface area contributed by atoms with Gasteiger partial charge < -0.3 is 10.0 Å². The molecule has 106 valence electrons. The van der Waals surface area contributed by atoms with Gasteiger partial charge in [-0.05, 0) is 25.3 Å². The van der Waals surface area contributed by atoms with Gasteiger partial charge in [0.2, 0.25) is 0 Å². The zero-order valence-corrected chi connectivity index (χ0v) is 12.1. The Hall–Kier alpha value is -1.07. The second kappa shape index (κ2) is 5.92. The first kappa shape index (κ1) is 14.3. The first-order chi connectivity index (χ1) is 8.97. The number of hydrogen-bond acceptors (Lipinski definition) is 4. The summed E-state index contributed by atoms with van der Waals surface area (Å²) in [5.74, 6) is 0.216. The van der Waals surface area contributed by atoms with Gasteiger partial charge in [0.25, 0.3) is 0 Å². The molecule has 2 rings (SSSR count). The van der Waals surface area contributed by atoms with Gasteiger partial charge in [-0.2, -0.15) is 0 Å². The van der Waals surface area contributed by atoms with Crippen molar-refractivity contribution in [3.05, 3.63) is 29.8 Å². The summed E-state index contributed by atoms with van der Waals surface area (Å²) in [6.45, 7) is 1.59. The van der Waals surface area contributed by atoms with Gasteiger partial charge in [-0.3, -0.25) is 0 Å². The molecule has 1 aromatic carbocycles. The predicted octanol–water partition coefficient (Wildman–Crippen LogP) is 1.75. The highest BCUT2D eigenvalue weighted by Gasteiger charge is 2.20. The van der Waals surface area contributed by atoms with Crippen molar-refractivity contribution >= 4 is 15.5 Å². The zero-order chi connectivity index (χ0) is 13.9. The van der Waals surface area contributed by atoms with Crippen LogP contribution in [0, 0.1) is 0 Å². The van der Waals surface area contributed by atoms with Crippen LogP contribution in [-0.4, -0.2) is 38.6 Å². The SMILES string of the molecule is CS(=O)(=O)CCCN1CCCC(O)c2ccccc21. The summed E-state index contributed by atoms with van der Waals surface area (Å²) in [7, 11) is -2.90. The minimum atomic E-state index is -2.90. The van der Waals surface area contributed by atoms with E-state index in [-0.39, 0.29) is 5.75 Å². The maximum absolute atomic E-state index is 11.2. The third kappa shape index (κ3) is 3.94. The molecule has 1 aliphatic rings. The van der Waals surface area contributed by atoms with E-state index in [1.54, 1.807) is 0 Å². The fourth-order valence-corrected chi connectivity index (χ4v) is 3.21. The van der Waals surface area contributed by atoms with Gasteiger partial charge >= 0.3 is 0 Å². The van der Waals surface area contributed by atoms with Gasteiger partial charge in [0.1, 0.15) is 9.84 Å². The molecule has 0 aliphatic carbocycles. The summed E-state index contributed by atoms with van der Waals surface area (Å²) >= 11 is 0. The Kier molecular flexibility index (Phi) is 4.47. The van der Waals surface area contributed by atoms with Crippen LogP contribution in [0.3, 0.4) is 0 Å². The van der Waals surface area contributed by atoms with E-state index >= 15 is 0 Å². The van der Waals surface area contributed by atoms with Crippen molar-refractivity contribution < 1.29 is 13.5 Å². The van der Waals surface area contributed by atoms with Crippen LogP contribution in [0.15, 0.2) is 24.3 Å². The van der Waals surface area contributed by atoms with Gasteiger partial charge in [-0.1, -0.05) is 18.2 Å². The lowest BCUT2D eigenvalue weighted by molar-refractivity contribution is 0.168. The summed E-state index contributed by atoms with van der Waals surface area (Å²) in [6.07, 6.45) is 3.18. The van der Waals surface area contributed by atoms with Crippen molar-refractivity contribution in [2.24, 2.45) is 0 Å². The summed E-state index contributed by atoms with van der Waals surface area (Å²) in [5.41, 5.74) is 2.00. The van der Waals surface area contributed by atoms with E-state index in [1.165, 1.54) is 6.26 Å². The van der Waals surface area contributed by atoms with E-state index in [9.17, 15) is 13.5 Å². The van der Waals surface area contributed by atoms with Crippen molar-refractivity contribution in [2.45, 2.75) is 25.4 Å². The van der Waals surface area contributed by atoms with E-state index in [2.05, 4.69) is 4.90 Å². The molecule has 19 heavy (non-hydrogen) atoms. The Bertz CT molecular complexity index is 527. The van der Waals surface area contributed by atoms with Crippen LogP contribution >= 0.6 is 0 Å². The average Bonchev–Trinajstić information content (AvgIpc) is 2.49. The number of hydrogen-bond donors (Lipinski definition) is 1. The summed E-state index contributed by atoms with van der Waals surface area (Å²) in [6, 6.07) is 7.85. The second-order valence-electron chi connectivity index (χ2n) is 5.19. The molecule has 0 amide bonds. The highest BCUT2D eigenvalue weighted by molar-refractivity contribution is 7.90. The van der Waals surface area contributed by atoms with Crippen LogP contribution in [0.4, 0.5) is 5.69 Å². The molecule has 1 N–H and O–H groups in total. The van der Waals surface area contributed by atoms with Gasteiger partial charge in [0.15, 0.2) is 0 Å². The summed E-state index contributed by atoms with van der Waals surface area (Å²) in [5, 5.41) is 10.1. The Morgan fingerprint density at radius 1 is 1.37 bits per heavy atom. The quantitative estimate of drug-likeness (QED) is 0.914. The molecule has 5 heteroatoms. The van der Waals surface area contributed by atoms with Crippen LogP contribution in [-0.2, 0) is 9.84 Å². The van der Waals surface area contributed by atoms with Crippen molar-refractivity contribution in [1.82, 2.24) is 0 Å². The number of fused-ring (bicyclic) bond motifs is 1. The molecule has 0 spiro atoms. The maximum Gasteiger partial charge on any atom is 0.147 e. The molecule has 0 radical (unpaired) electrons. The van der Waals surface area contributed by atoms with E-state index in [0.717, 1.165) is 37.2 Å². The van der Waals surface area contributed by atoms with Crippen LogP contribution in [0.25, 0.3) is 0 Å². The fourth-order valence-electron chi connectivity index (χ4n) is 2.56. The molecular formula is C14H21NO3S. The minimum absolute atomic E-state index is 0.216. The standard InChI is InChI=1S/C14H21NO3S/c1-19(17,18)11-5-10-15-9-4-8-14(16)12-6-2-3-7-13(12)15/h2-3,6-7,14,16H,4-5,8-11H2,1H3. The number of para-hydroxylation sites is 1. The number of nitrogens with zero attached hydrogens (tertiary/aromatic N) is 1. The third-order valence-corrected chi connectivity index (χ3v) is 4.52. The average molecular weight is 283 g/mol. The molecule has 4 nitrogen and oxygen atoms in total. The Morgan fingerprint density at radius 3 is 2.84 bits per heavy atom. The van der Waals surface area contributed by atoms with Crippen LogP contribution in [0.5, 0.6) is 0 Å². The largest absolute Gasteiger partial charge is 0.388 e. The first-order valence-electron chi connectivity index (χ1n) is 6.67. The normalized spacial score (nSPS) is 19.9. The fraction of sp³-hybridized carbons (Fsp3) is 0.571. The van der Waals surface area contributed by atoms with Crippen LogP contribution in [0.1, 0.15) is 30.9 Å². The van der Waals surface area contributed by atoms with Crippen molar-refractivity contribution in [3.8, 4) is 0 Å². The predicted molar refractivity (Wildman–Crippen MR) is 77.2 cm³/mol. The van der Waals surface area contributed by atoms with Crippen LogP contribution < -0.4 is 4.90 Å². The topological polar surface area (TPSA) is 57.6 Å². The molecule has 1 heterocycles. The molecule has 0 saturated heterocycles. The van der Waals surface area contributed by atoms with E-state index in [1.807, 2.05) is 24.3 Å². The smallest absolute Gasteiger partial charge is 0.147 e. The zero-order valence-electron chi connectivity index (χ0n) is 11.2. The monoisotopic (exact) mass is 283 g/mol. The highest BCUT2D eigenvalue weighted by atomic mass is 32.2. The first-order valence-corrected chi connectivity index (χ1v) is 8.73.